The average molecular weight is 239 g/mol. The van der Waals surface area contributed by atoms with Gasteiger partial charge in [0.05, 0.1) is 0 Å². The fourth-order valence-electron chi connectivity index (χ4n) is 2.28. The minimum atomic E-state index is -0.642. The topological polar surface area (TPSA) is 29.1 Å². The van der Waals surface area contributed by atoms with Crippen LogP contribution in [0, 0.1) is 17.6 Å². The summed E-state index contributed by atoms with van der Waals surface area (Å²) in [6.45, 7) is 2.78. The molecule has 0 aliphatic carbocycles. The largest absolute Gasteiger partial charge is 0.314 e. The number of hydrogen-bond donors (Lipinski definition) is 1. The normalized spacial score (nSPS) is 23.9. The molecule has 1 N–H and O–H groups in total. The number of carbonyl (C=O) groups excluding carboxylic acids is 1. The lowest BCUT2D eigenvalue weighted by Gasteiger charge is -2.13. The molecule has 2 nitrogen and oxygen atoms in total. The summed E-state index contributed by atoms with van der Waals surface area (Å²) < 4.78 is 26.1. The summed E-state index contributed by atoms with van der Waals surface area (Å²) in [4.78, 5) is 12.0. The molecule has 0 radical (unpaired) electrons. The van der Waals surface area contributed by atoms with Crippen LogP contribution in [0.3, 0.4) is 0 Å². The number of benzene rings is 1. The first kappa shape index (κ1) is 12.2. The minimum Gasteiger partial charge on any atom is -0.314 e. The number of nitrogens with one attached hydrogen (secondary N) is 1. The third kappa shape index (κ3) is 2.69. The van der Waals surface area contributed by atoms with Crippen molar-refractivity contribution >= 4 is 5.78 Å². The molecule has 1 aromatic rings. The van der Waals surface area contributed by atoms with Gasteiger partial charge < -0.3 is 5.32 Å². The molecule has 0 amide bonds. The number of hydrogen-bond acceptors (Lipinski definition) is 2. The fourth-order valence-corrected chi connectivity index (χ4v) is 2.28. The standard InChI is InChI=1S/C13H15F2NO/c1-8-11(4-5-16-8)13(17)6-9-2-3-10(14)7-12(9)15/h2-3,7-8,11,16H,4-6H2,1H3. The molecule has 4 heteroatoms. The van der Waals surface area contributed by atoms with Crippen molar-refractivity contribution in [3.63, 3.8) is 0 Å². The molecule has 92 valence electrons. The van der Waals surface area contributed by atoms with Gasteiger partial charge in [-0.2, -0.15) is 0 Å². The lowest BCUT2D eigenvalue weighted by Crippen LogP contribution is -2.29. The van der Waals surface area contributed by atoms with Crippen molar-refractivity contribution < 1.29 is 13.6 Å². The highest BCUT2D eigenvalue weighted by Gasteiger charge is 2.29. The number of carbonyl (C=O) groups is 1. The maximum absolute atomic E-state index is 13.4. The molecule has 0 aromatic heterocycles. The van der Waals surface area contributed by atoms with E-state index in [4.69, 9.17) is 0 Å². The highest BCUT2D eigenvalue weighted by Crippen LogP contribution is 2.19. The highest BCUT2D eigenvalue weighted by molar-refractivity contribution is 5.84. The summed E-state index contributed by atoms with van der Waals surface area (Å²) in [5.41, 5.74) is 0.274. The smallest absolute Gasteiger partial charge is 0.142 e. The third-order valence-electron chi connectivity index (χ3n) is 3.32. The van der Waals surface area contributed by atoms with Gasteiger partial charge in [0.1, 0.15) is 17.4 Å². The Labute approximate surface area is 99.0 Å². The van der Waals surface area contributed by atoms with Gasteiger partial charge in [0.2, 0.25) is 0 Å². The monoisotopic (exact) mass is 239 g/mol. The molecule has 1 fully saturated rings. The SMILES string of the molecule is CC1NCCC1C(=O)Cc1ccc(F)cc1F. The lowest BCUT2D eigenvalue weighted by molar-refractivity contribution is -0.122. The number of Topliss-reactive ketones (excluding diaryl/α,β-unsaturated/α-hetero) is 1. The summed E-state index contributed by atoms with van der Waals surface area (Å²) in [5, 5.41) is 3.19. The van der Waals surface area contributed by atoms with Crippen molar-refractivity contribution in [3.05, 3.63) is 35.4 Å². The van der Waals surface area contributed by atoms with Gasteiger partial charge in [-0.15, -0.1) is 0 Å². The van der Waals surface area contributed by atoms with E-state index < -0.39 is 11.6 Å². The van der Waals surface area contributed by atoms with E-state index in [1.165, 1.54) is 12.1 Å². The van der Waals surface area contributed by atoms with E-state index >= 15 is 0 Å². The van der Waals surface area contributed by atoms with Crippen molar-refractivity contribution in [1.29, 1.82) is 0 Å². The molecule has 0 spiro atoms. The third-order valence-corrected chi connectivity index (χ3v) is 3.32. The first-order valence-corrected chi connectivity index (χ1v) is 5.78. The zero-order valence-corrected chi connectivity index (χ0v) is 9.67. The Morgan fingerprint density at radius 2 is 2.24 bits per heavy atom. The second kappa shape index (κ2) is 4.92. The van der Waals surface area contributed by atoms with Crippen LogP contribution in [0.4, 0.5) is 8.78 Å². The molecule has 2 rings (SSSR count). The van der Waals surface area contributed by atoms with Crippen LogP contribution in [0.15, 0.2) is 18.2 Å². The van der Waals surface area contributed by atoms with Crippen LogP contribution in [0.5, 0.6) is 0 Å². The Bertz CT molecular complexity index is 433. The summed E-state index contributed by atoms with van der Waals surface area (Å²) in [7, 11) is 0. The second-order valence-corrected chi connectivity index (χ2v) is 4.52. The zero-order valence-electron chi connectivity index (χ0n) is 9.67. The quantitative estimate of drug-likeness (QED) is 0.875. The molecule has 2 atom stereocenters. The minimum absolute atomic E-state index is 0.0213. The van der Waals surface area contributed by atoms with E-state index in [0.717, 1.165) is 19.0 Å². The van der Waals surface area contributed by atoms with Crippen LogP contribution in [-0.2, 0) is 11.2 Å². The Kier molecular flexibility index (Phi) is 3.52. The highest BCUT2D eigenvalue weighted by atomic mass is 19.1. The molecule has 1 heterocycles. The molecule has 17 heavy (non-hydrogen) atoms. The van der Waals surface area contributed by atoms with Crippen LogP contribution >= 0.6 is 0 Å². The van der Waals surface area contributed by atoms with Gasteiger partial charge in [0.25, 0.3) is 0 Å². The Morgan fingerprint density at radius 1 is 1.47 bits per heavy atom. The van der Waals surface area contributed by atoms with Crippen LogP contribution < -0.4 is 5.32 Å². The fraction of sp³-hybridized carbons (Fsp3) is 0.462. The summed E-state index contributed by atoms with van der Waals surface area (Å²) in [6.07, 6.45) is 0.839. The van der Waals surface area contributed by atoms with Crippen LogP contribution in [0.1, 0.15) is 18.9 Å². The van der Waals surface area contributed by atoms with Crippen LogP contribution in [0.25, 0.3) is 0 Å². The van der Waals surface area contributed by atoms with E-state index in [-0.39, 0.29) is 29.7 Å². The van der Waals surface area contributed by atoms with Gasteiger partial charge in [-0.1, -0.05) is 6.07 Å². The van der Waals surface area contributed by atoms with Crippen molar-refractivity contribution in [2.24, 2.45) is 5.92 Å². The predicted molar refractivity (Wildman–Crippen MR) is 60.6 cm³/mol. The first-order chi connectivity index (χ1) is 8.08. The number of ketones is 1. The van der Waals surface area contributed by atoms with Gasteiger partial charge in [0.15, 0.2) is 0 Å². The molecule has 0 saturated carbocycles. The van der Waals surface area contributed by atoms with E-state index in [0.29, 0.717) is 0 Å². The maximum atomic E-state index is 13.4. The van der Waals surface area contributed by atoms with Gasteiger partial charge in [0, 0.05) is 24.4 Å². The Hall–Kier alpha value is -1.29. The first-order valence-electron chi connectivity index (χ1n) is 5.78. The van der Waals surface area contributed by atoms with Gasteiger partial charge in [-0.3, -0.25) is 4.79 Å². The Balaban J connectivity index is 2.07. The Morgan fingerprint density at radius 3 is 2.82 bits per heavy atom. The van der Waals surface area contributed by atoms with E-state index in [2.05, 4.69) is 5.32 Å². The van der Waals surface area contributed by atoms with E-state index in [1.807, 2.05) is 6.92 Å². The lowest BCUT2D eigenvalue weighted by atomic mass is 9.92. The zero-order chi connectivity index (χ0) is 12.4. The van der Waals surface area contributed by atoms with Crippen LogP contribution in [-0.4, -0.2) is 18.4 Å². The molecule has 1 aromatic carbocycles. The molecular formula is C13H15F2NO. The number of halogens is 2. The predicted octanol–water partition coefficient (Wildman–Crippen LogP) is 2.07. The molecule has 2 unspecified atom stereocenters. The summed E-state index contributed by atoms with van der Waals surface area (Å²) in [6, 6.07) is 3.49. The second-order valence-electron chi connectivity index (χ2n) is 4.52. The van der Waals surface area contributed by atoms with Crippen molar-refractivity contribution in [1.82, 2.24) is 5.32 Å². The van der Waals surface area contributed by atoms with Crippen LogP contribution in [0.2, 0.25) is 0 Å². The molecule has 1 saturated heterocycles. The van der Waals surface area contributed by atoms with Crippen molar-refractivity contribution in [3.8, 4) is 0 Å². The molecule has 1 aliphatic heterocycles. The maximum Gasteiger partial charge on any atom is 0.142 e. The molecule has 1 aliphatic rings. The van der Waals surface area contributed by atoms with Crippen molar-refractivity contribution in [2.75, 3.05) is 6.54 Å². The number of rotatable bonds is 3. The van der Waals surface area contributed by atoms with Gasteiger partial charge in [-0.05, 0) is 31.5 Å². The van der Waals surface area contributed by atoms with E-state index in [1.54, 1.807) is 0 Å². The molecule has 0 bridgehead atoms. The van der Waals surface area contributed by atoms with Gasteiger partial charge >= 0.3 is 0 Å². The molecular weight excluding hydrogens is 224 g/mol. The van der Waals surface area contributed by atoms with Gasteiger partial charge in [-0.25, -0.2) is 8.78 Å². The van der Waals surface area contributed by atoms with Crippen molar-refractivity contribution in [2.45, 2.75) is 25.8 Å². The van der Waals surface area contributed by atoms with E-state index in [9.17, 15) is 13.6 Å². The average Bonchev–Trinajstić information content (AvgIpc) is 2.68. The summed E-state index contributed by atoms with van der Waals surface area (Å²) >= 11 is 0. The summed E-state index contributed by atoms with van der Waals surface area (Å²) in [5.74, 6) is -1.29.